The summed E-state index contributed by atoms with van der Waals surface area (Å²) in [7, 11) is 0. The fourth-order valence-electron chi connectivity index (χ4n) is 1.92. The Kier molecular flexibility index (Phi) is 2.98. The van der Waals surface area contributed by atoms with E-state index >= 15 is 0 Å². The van der Waals surface area contributed by atoms with Gasteiger partial charge in [-0.1, -0.05) is 24.8 Å². The number of aromatic amines is 1. The molecule has 0 saturated carbocycles. The van der Waals surface area contributed by atoms with Gasteiger partial charge in [0, 0.05) is 6.20 Å². The number of nitrogens with one attached hydrogen (secondary N) is 1. The van der Waals surface area contributed by atoms with Crippen LogP contribution in [0.4, 0.5) is 0 Å². The molecule has 0 radical (unpaired) electrons. The summed E-state index contributed by atoms with van der Waals surface area (Å²) in [6.45, 7) is 4.13. The lowest BCUT2D eigenvalue weighted by molar-refractivity contribution is 0.364. The third kappa shape index (κ3) is 2.20. The van der Waals surface area contributed by atoms with Crippen molar-refractivity contribution in [3.8, 4) is 17.1 Å². The number of fused-ring (bicyclic) bond motifs is 1. The molecule has 94 valence electrons. The van der Waals surface area contributed by atoms with E-state index in [-0.39, 0.29) is 0 Å². The molecular formula is C15H13N3O. The molecule has 0 saturated heterocycles. The molecule has 4 heteroatoms. The first-order valence-electron chi connectivity index (χ1n) is 6.01. The highest BCUT2D eigenvalue weighted by molar-refractivity contribution is 5.79. The maximum Gasteiger partial charge on any atom is 0.142 e. The van der Waals surface area contributed by atoms with Gasteiger partial charge in [-0.15, -0.1) is 0 Å². The molecule has 0 fully saturated rings. The maximum atomic E-state index is 5.64. The molecule has 4 nitrogen and oxygen atoms in total. The number of H-pyrrole nitrogens is 1. The zero-order valence-corrected chi connectivity index (χ0v) is 10.3. The molecule has 1 N–H and O–H groups in total. The lowest BCUT2D eigenvalue weighted by Gasteiger charge is -2.07. The number of benzene rings is 1. The SMILES string of the molecule is C=CCOc1ccccc1-c1nc2ccncc2[nH]1. The Hall–Kier alpha value is -2.62. The van der Waals surface area contributed by atoms with Gasteiger partial charge in [0.1, 0.15) is 18.2 Å². The number of imidazole rings is 1. The van der Waals surface area contributed by atoms with Gasteiger partial charge in [-0.25, -0.2) is 4.98 Å². The lowest BCUT2D eigenvalue weighted by Crippen LogP contribution is -1.95. The standard InChI is InChI=1S/C15H13N3O/c1-2-9-19-14-6-4-3-5-11(14)15-17-12-7-8-16-10-13(12)18-15/h2-8,10H,1,9H2,(H,17,18). The van der Waals surface area contributed by atoms with Crippen LogP contribution in [0.25, 0.3) is 22.4 Å². The molecule has 0 aliphatic rings. The number of hydrogen-bond acceptors (Lipinski definition) is 3. The van der Waals surface area contributed by atoms with Gasteiger partial charge >= 0.3 is 0 Å². The summed E-state index contributed by atoms with van der Waals surface area (Å²) >= 11 is 0. The fraction of sp³-hybridized carbons (Fsp3) is 0.0667. The first kappa shape index (κ1) is 11.5. The zero-order chi connectivity index (χ0) is 13.1. The van der Waals surface area contributed by atoms with Crippen LogP contribution in [0.3, 0.4) is 0 Å². The number of para-hydroxylation sites is 1. The van der Waals surface area contributed by atoms with Crippen molar-refractivity contribution in [3.05, 3.63) is 55.4 Å². The summed E-state index contributed by atoms with van der Waals surface area (Å²) in [5.74, 6) is 1.57. The van der Waals surface area contributed by atoms with E-state index in [1.54, 1.807) is 18.5 Å². The molecule has 0 aliphatic carbocycles. The zero-order valence-electron chi connectivity index (χ0n) is 10.3. The van der Waals surface area contributed by atoms with Crippen LogP contribution in [-0.2, 0) is 0 Å². The average molecular weight is 251 g/mol. The molecule has 19 heavy (non-hydrogen) atoms. The van der Waals surface area contributed by atoms with E-state index in [4.69, 9.17) is 4.74 Å². The van der Waals surface area contributed by atoms with Gasteiger partial charge in [0.05, 0.1) is 22.8 Å². The van der Waals surface area contributed by atoms with Crippen LogP contribution < -0.4 is 4.74 Å². The third-order valence-electron chi connectivity index (χ3n) is 2.78. The normalized spacial score (nSPS) is 10.5. The largest absolute Gasteiger partial charge is 0.489 e. The third-order valence-corrected chi connectivity index (χ3v) is 2.78. The van der Waals surface area contributed by atoms with Crippen molar-refractivity contribution >= 4 is 11.0 Å². The van der Waals surface area contributed by atoms with Crippen molar-refractivity contribution < 1.29 is 4.74 Å². The van der Waals surface area contributed by atoms with Crippen LogP contribution in [-0.4, -0.2) is 21.6 Å². The van der Waals surface area contributed by atoms with E-state index in [9.17, 15) is 0 Å². The molecule has 0 bridgehead atoms. The number of aromatic nitrogens is 3. The van der Waals surface area contributed by atoms with Crippen LogP contribution >= 0.6 is 0 Å². The predicted molar refractivity (Wildman–Crippen MR) is 75.0 cm³/mol. The van der Waals surface area contributed by atoms with E-state index in [0.29, 0.717) is 6.61 Å². The summed E-state index contributed by atoms with van der Waals surface area (Å²) in [5, 5.41) is 0. The van der Waals surface area contributed by atoms with Crippen LogP contribution in [0.15, 0.2) is 55.4 Å². The smallest absolute Gasteiger partial charge is 0.142 e. The molecular weight excluding hydrogens is 238 g/mol. The Bertz CT molecular complexity index is 685. The number of rotatable bonds is 4. The van der Waals surface area contributed by atoms with Crippen molar-refractivity contribution in [2.24, 2.45) is 0 Å². The highest BCUT2D eigenvalue weighted by Gasteiger charge is 2.10. The van der Waals surface area contributed by atoms with Gasteiger partial charge < -0.3 is 9.72 Å². The first-order chi connectivity index (χ1) is 9.38. The molecule has 0 aliphatic heterocycles. The van der Waals surface area contributed by atoms with E-state index in [1.165, 1.54) is 0 Å². The summed E-state index contributed by atoms with van der Waals surface area (Å²) in [5.41, 5.74) is 2.74. The van der Waals surface area contributed by atoms with Crippen LogP contribution in [0.1, 0.15) is 0 Å². The molecule has 0 atom stereocenters. The van der Waals surface area contributed by atoms with Crippen LogP contribution in [0.2, 0.25) is 0 Å². The monoisotopic (exact) mass is 251 g/mol. The molecule has 2 aromatic heterocycles. The Morgan fingerprint density at radius 2 is 2.16 bits per heavy atom. The Labute approximate surface area is 110 Å². The van der Waals surface area contributed by atoms with Gasteiger partial charge in [0.2, 0.25) is 0 Å². The first-order valence-corrected chi connectivity index (χ1v) is 6.01. The minimum Gasteiger partial charge on any atom is -0.489 e. The molecule has 0 unspecified atom stereocenters. The number of nitrogens with zero attached hydrogens (tertiary/aromatic N) is 2. The maximum absolute atomic E-state index is 5.64. The van der Waals surface area contributed by atoms with Gasteiger partial charge in [-0.05, 0) is 18.2 Å². The van der Waals surface area contributed by atoms with E-state index in [2.05, 4.69) is 21.5 Å². The van der Waals surface area contributed by atoms with Crippen molar-refractivity contribution in [2.75, 3.05) is 6.61 Å². The summed E-state index contributed by atoms with van der Waals surface area (Å²) in [4.78, 5) is 11.9. The highest BCUT2D eigenvalue weighted by atomic mass is 16.5. The number of hydrogen-bond donors (Lipinski definition) is 1. The van der Waals surface area contributed by atoms with E-state index in [0.717, 1.165) is 28.2 Å². The molecule has 3 rings (SSSR count). The predicted octanol–water partition coefficient (Wildman–Crippen LogP) is 3.19. The molecule has 3 aromatic rings. The van der Waals surface area contributed by atoms with E-state index < -0.39 is 0 Å². The van der Waals surface area contributed by atoms with Gasteiger partial charge in [-0.2, -0.15) is 0 Å². The summed E-state index contributed by atoms with van der Waals surface area (Å²) in [6.07, 6.45) is 5.21. The molecule has 2 heterocycles. The Morgan fingerprint density at radius 1 is 1.26 bits per heavy atom. The Balaban J connectivity index is 2.07. The molecule has 0 amide bonds. The van der Waals surface area contributed by atoms with Crippen molar-refractivity contribution in [2.45, 2.75) is 0 Å². The van der Waals surface area contributed by atoms with Gasteiger partial charge in [0.25, 0.3) is 0 Å². The van der Waals surface area contributed by atoms with Gasteiger partial charge in [-0.3, -0.25) is 4.98 Å². The summed E-state index contributed by atoms with van der Waals surface area (Å²) < 4.78 is 5.64. The van der Waals surface area contributed by atoms with Gasteiger partial charge in [0.15, 0.2) is 0 Å². The number of pyridine rings is 1. The Morgan fingerprint density at radius 3 is 3.00 bits per heavy atom. The van der Waals surface area contributed by atoms with Crippen LogP contribution in [0.5, 0.6) is 5.75 Å². The second kappa shape index (κ2) is 4.94. The topological polar surface area (TPSA) is 50.8 Å². The highest BCUT2D eigenvalue weighted by Crippen LogP contribution is 2.28. The van der Waals surface area contributed by atoms with Crippen LogP contribution in [0, 0.1) is 0 Å². The minimum absolute atomic E-state index is 0.471. The second-order valence-corrected chi connectivity index (χ2v) is 4.07. The van der Waals surface area contributed by atoms with Crippen molar-refractivity contribution in [1.82, 2.24) is 15.0 Å². The summed E-state index contributed by atoms with van der Waals surface area (Å²) in [6, 6.07) is 9.67. The average Bonchev–Trinajstić information content (AvgIpc) is 2.89. The second-order valence-electron chi connectivity index (χ2n) is 4.07. The fourth-order valence-corrected chi connectivity index (χ4v) is 1.92. The van der Waals surface area contributed by atoms with Crippen molar-refractivity contribution in [1.29, 1.82) is 0 Å². The molecule has 0 spiro atoms. The van der Waals surface area contributed by atoms with E-state index in [1.807, 2.05) is 30.3 Å². The minimum atomic E-state index is 0.471. The number of ether oxygens (including phenoxy) is 1. The molecule has 1 aromatic carbocycles. The quantitative estimate of drug-likeness (QED) is 0.724. The lowest BCUT2D eigenvalue weighted by atomic mass is 10.2. The van der Waals surface area contributed by atoms with Crippen molar-refractivity contribution in [3.63, 3.8) is 0 Å².